The Morgan fingerprint density at radius 1 is 0.696 bits per heavy atom. The number of carbonyl (C=O) groups excluding carboxylic acids is 2. The summed E-state index contributed by atoms with van der Waals surface area (Å²) in [5.41, 5.74) is 7.79. The number of rotatable bonds is 10. The van der Waals surface area contributed by atoms with Crippen molar-refractivity contribution in [2.75, 3.05) is 46.1 Å². The van der Waals surface area contributed by atoms with Gasteiger partial charge in [0.25, 0.3) is 0 Å². The minimum Gasteiger partial charge on any atom is -0.449 e. The van der Waals surface area contributed by atoms with Crippen LogP contribution in [0.5, 0.6) is 0 Å². The zero-order valence-electron chi connectivity index (χ0n) is 26.1. The van der Waals surface area contributed by atoms with Gasteiger partial charge in [0, 0.05) is 36.1 Å². The summed E-state index contributed by atoms with van der Waals surface area (Å²) in [6.45, 7) is 3.69. The topological polar surface area (TPSA) is 104 Å². The average Bonchev–Trinajstić information content (AvgIpc) is 3.88. The molecule has 0 bridgehead atoms. The fourth-order valence-corrected chi connectivity index (χ4v) is 7.25. The smallest absolute Gasteiger partial charge is 0.407 e. The lowest BCUT2D eigenvalue weighted by molar-refractivity contribution is -0.126. The standard InChI is InChI=1S/C37H42N2O7/c40-34(38-16-15-24-11-14-31(35-42-17-18-43-35)32(21-24)36-44-19-20-45-36)26-12-9-25(10-13-26)22-39-37(41)46-23-33-29-7-3-1-5-27(29)28-6-2-4-8-30(28)33/h1-8,11,14,21,25-26,33,35-36H,9-10,12-13,15-20,22-23H2,(H,38,40)(H,39,41). The van der Waals surface area contributed by atoms with Crippen LogP contribution in [0.4, 0.5) is 4.79 Å². The first-order chi connectivity index (χ1) is 22.6. The molecule has 2 N–H and O–H groups in total. The maximum atomic E-state index is 13.0. The van der Waals surface area contributed by atoms with Crippen LogP contribution in [0.25, 0.3) is 11.1 Å². The Balaban J connectivity index is 0.829. The third kappa shape index (κ3) is 6.83. The molecular weight excluding hydrogens is 584 g/mol. The molecule has 242 valence electrons. The van der Waals surface area contributed by atoms with Crippen LogP contribution in [-0.2, 0) is 34.9 Å². The maximum Gasteiger partial charge on any atom is 0.407 e. The molecule has 2 amide bonds. The van der Waals surface area contributed by atoms with Crippen molar-refractivity contribution in [3.05, 3.63) is 94.5 Å². The van der Waals surface area contributed by atoms with Gasteiger partial charge in [0.2, 0.25) is 5.91 Å². The van der Waals surface area contributed by atoms with E-state index in [9.17, 15) is 9.59 Å². The van der Waals surface area contributed by atoms with Gasteiger partial charge < -0.3 is 34.3 Å². The molecule has 9 heteroatoms. The maximum absolute atomic E-state index is 13.0. The van der Waals surface area contributed by atoms with E-state index in [0.717, 1.165) is 42.4 Å². The Morgan fingerprint density at radius 3 is 1.96 bits per heavy atom. The van der Waals surface area contributed by atoms with Gasteiger partial charge in [-0.05, 0) is 65.8 Å². The average molecular weight is 627 g/mol. The lowest BCUT2D eigenvalue weighted by Crippen LogP contribution is -2.37. The summed E-state index contributed by atoms with van der Waals surface area (Å²) in [6.07, 6.45) is 2.94. The van der Waals surface area contributed by atoms with Gasteiger partial charge in [0.15, 0.2) is 12.6 Å². The van der Waals surface area contributed by atoms with Crippen LogP contribution < -0.4 is 10.6 Å². The van der Waals surface area contributed by atoms with Gasteiger partial charge in [-0.15, -0.1) is 0 Å². The molecule has 9 nitrogen and oxygen atoms in total. The lowest BCUT2D eigenvalue weighted by Gasteiger charge is -2.28. The third-order valence-electron chi connectivity index (χ3n) is 9.71. The number of fused-ring (bicyclic) bond motifs is 3. The SMILES string of the molecule is O=C(NCC1CCC(C(=O)NCCc2ccc(C3OCCO3)c(C3OCCO3)c2)CC1)OCC1c2ccccc2-c2ccccc21. The molecule has 3 aromatic carbocycles. The van der Waals surface area contributed by atoms with Crippen LogP contribution in [-0.4, -0.2) is 58.1 Å². The molecule has 0 spiro atoms. The zero-order chi connectivity index (χ0) is 31.3. The van der Waals surface area contributed by atoms with E-state index in [0.29, 0.717) is 58.5 Å². The largest absolute Gasteiger partial charge is 0.449 e. The molecule has 0 radical (unpaired) electrons. The predicted octanol–water partition coefficient (Wildman–Crippen LogP) is 5.78. The number of hydrogen-bond acceptors (Lipinski definition) is 7. The van der Waals surface area contributed by atoms with Gasteiger partial charge in [-0.1, -0.05) is 66.7 Å². The third-order valence-corrected chi connectivity index (χ3v) is 9.71. The second kappa shape index (κ2) is 14.3. The molecule has 0 aromatic heterocycles. The first-order valence-electron chi connectivity index (χ1n) is 16.6. The number of nitrogens with one attached hydrogen (secondary N) is 2. The Labute approximate surface area is 269 Å². The number of ether oxygens (including phenoxy) is 5. The summed E-state index contributed by atoms with van der Waals surface area (Å²) in [4.78, 5) is 25.6. The van der Waals surface area contributed by atoms with E-state index in [2.05, 4.69) is 47.0 Å². The second-order valence-electron chi connectivity index (χ2n) is 12.6. The molecule has 7 rings (SSSR count). The van der Waals surface area contributed by atoms with Crippen molar-refractivity contribution < 1.29 is 33.3 Å². The van der Waals surface area contributed by atoms with E-state index in [1.54, 1.807) is 0 Å². The number of benzene rings is 3. The highest BCUT2D eigenvalue weighted by atomic mass is 16.7. The zero-order valence-corrected chi connectivity index (χ0v) is 26.1. The lowest BCUT2D eigenvalue weighted by atomic mass is 9.81. The molecule has 46 heavy (non-hydrogen) atoms. The van der Waals surface area contributed by atoms with E-state index in [4.69, 9.17) is 23.7 Å². The normalized spacial score (nSPS) is 21.6. The van der Waals surface area contributed by atoms with Crippen molar-refractivity contribution in [1.82, 2.24) is 10.6 Å². The fourth-order valence-electron chi connectivity index (χ4n) is 7.25. The highest BCUT2D eigenvalue weighted by molar-refractivity contribution is 5.79. The summed E-state index contributed by atoms with van der Waals surface area (Å²) in [6, 6.07) is 22.8. The molecule has 4 aliphatic rings. The highest BCUT2D eigenvalue weighted by Gasteiger charge is 2.31. The van der Waals surface area contributed by atoms with Crippen LogP contribution in [0.1, 0.15) is 72.0 Å². The van der Waals surface area contributed by atoms with Crippen molar-refractivity contribution in [1.29, 1.82) is 0 Å². The Hall–Kier alpha value is -3.76. The molecule has 2 aliphatic heterocycles. The van der Waals surface area contributed by atoms with Crippen LogP contribution in [0.15, 0.2) is 66.7 Å². The van der Waals surface area contributed by atoms with Gasteiger partial charge in [-0.25, -0.2) is 4.79 Å². The molecule has 3 fully saturated rings. The summed E-state index contributed by atoms with van der Waals surface area (Å²) in [7, 11) is 0. The summed E-state index contributed by atoms with van der Waals surface area (Å²) in [5, 5.41) is 6.11. The Kier molecular flexibility index (Phi) is 9.62. The highest BCUT2D eigenvalue weighted by Crippen LogP contribution is 2.44. The van der Waals surface area contributed by atoms with Gasteiger partial charge >= 0.3 is 6.09 Å². The fraction of sp³-hybridized carbons (Fsp3) is 0.459. The molecule has 2 saturated heterocycles. The molecule has 2 aliphatic carbocycles. The van der Waals surface area contributed by atoms with Crippen molar-refractivity contribution in [2.45, 2.75) is 50.6 Å². The number of amides is 2. The van der Waals surface area contributed by atoms with E-state index in [1.165, 1.54) is 22.3 Å². The van der Waals surface area contributed by atoms with Crippen molar-refractivity contribution >= 4 is 12.0 Å². The summed E-state index contributed by atoms with van der Waals surface area (Å²) in [5.74, 6) is 0.495. The van der Waals surface area contributed by atoms with E-state index in [1.807, 2.05) is 30.3 Å². The number of hydrogen-bond donors (Lipinski definition) is 2. The monoisotopic (exact) mass is 626 g/mol. The quantitative estimate of drug-likeness (QED) is 0.294. The van der Waals surface area contributed by atoms with Gasteiger partial charge in [-0.2, -0.15) is 0 Å². The first kappa shape index (κ1) is 30.9. The van der Waals surface area contributed by atoms with Crippen LogP contribution in [0.3, 0.4) is 0 Å². The molecule has 2 heterocycles. The van der Waals surface area contributed by atoms with Crippen LogP contribution >= 0.6 is 0 Å². The Morgan fingerprint density at radius 2 is 1.30 bits per heavy atom. The molecule has 1 saturated carbocycles. The number of alkyl carbamates (subject to hydrolysis) is 1. The van der Waals surface area contributed by atoms with Crippen molar-refractivity contribution in [3.63, 3.8) is 0 Å². The van der Waals surface area contributed by atoms with E-state index in [-0.39, 0.29) is 23.8 Å². The Bertz CT molecular complexity index is 1480. The first-order valence-corrected chi connectivity index (χ1v) is 16.6. The minimum atomic E-state index is -0.425. The van der Waals surface area contributed by atoms with Gasteiger partial charge in [0.05, 0.1) is 26.4 Å². The van der Waals surface area contributed by atoms with Crippen LogP contribution in [0, 0.1) is 11.8 Å². The van der Waals surface area contributed by atoms with E-state index >= 15 is 0 Å². The summed E-state index contributed by atoms with van der Waals surface area (Å²) < 4.78 is 28.7. The summed E-state index contributed by atoms with van der Waals surface area (Å²) >= 11 is 0. The molecular formula is C37H42N2O7. The molecule has 3 aromatic rings. The van der Waals surface area contributed by atoms with Crippen LogP contribution in [0.2, 0.25) is 0 Å². The molecule has 0 unspecified atom stereocenters. The number of carbonyl (C=O) groups is 2. The van der Waals surface area contributed by atoms with Gasteiger partial charge in [0.1, 0.15) is 6.61 Å². The second-order valence-corrected chi connectivity index (χ2v) is 12.6. The predicted molar refractivity (Wildman–Crippen MR) is 171 cm³/mol. The van der Waals surface area contributed by atoms with Crippen molar-refractivity contribution in [2.24, 2.45) is 11.8 Å². The molecule has 0 atom stereocenters. The minimum absolute atomic E-state index is 0.000550. The van der Waals surface area contributed by atoms with Gasteiger partial charge in [-0.3, -0.25) is 4.79 Å². The van der Waals surface area contributed by atoms with Crippen molar-refractivity contribution in [3.8, 4) is 11.1 Å². The van der Waals surface area contributed by atoms with E-state index < -0.39 is 12.6 Å².